The van der Waals surface area contributed by atoms with Crippen LogP contribution < -0.4 is 5.73 Å². The SMILES string of the molecule is CC(C)CCCCN=C(N)N1CCCCCC1.I. The van der Waals surface area contributed by atoms with E-state index in [9.17, 15) is 0 Å². The minimum Gasteiger partial charge on any atom is -0.370 e. The molecule has 0 atom stereocenters. The highest BCUT2D eigenvalue weighted by molar-refractivity contribution is 14.0. The minimum absolute atomic E-state index is 0. The Labute approximate surface area is 130 Å². The van der Waals surface area contributed by atoms with Gasteiger partial charge in [-0.15, -0.1) is 24.0 Å². The molecule has 0 unspecified atom stereocenters. The largest absolute Gasteiger partial charge is 0.370 e. The zero-order valence-electron chi connectivity index (χ0n) is 12.0. The van der Waals surface area contributed by atoms with E-state index in [4.69, 9.17) is 5.73 Å². The van der Waals surface area contributed by atoms with E-state index in [0.29, 0.717) is 0 Å². The quantitative estimate of drug-likeness (QED) is 0.349. The standard InChI is InChI=1S/C14H29N3.HI/c1-13(2)9-5-6-10-16-14(15)17-11-7-3-4-8-12-17;/h13H,3-12H2,1-2H3,(H2,15,16);1H. The molecule has 1 saturated heterocycles. The number of rotatable bonds is 5. The predicted octanol–water partition coefficient (Wildman–Crippen LogP) is 3.62. The maximum absolute atomic E-state index is 6.04. The number of aliphatic imine (C=N–C) groups is 1. The smallest absolute Gasteiger partial charge is 0.191 e. The monoisotopic (exact) mass is 367 g/mol. The summed E-state index contributed by atoms with van der Waals surface area (Å²) >= 11 is 0. The van der Waals surface area contributed by atoms with E-state index < -0.39 is 0 Å². The van der Waals surface area contributed by atoms with Crippen LogP contribution in [-0.4, -0.2) is 30.5 Å². The van der Waals surface area contributed by atoms with Crippen LogP contribution in [0.5, 0.6) is 0 Å². The molecule has 1 rings (SSSR count). The predicted molar refractivity (Wildman–Crippen MR) is 90.6 cm³/mol. The van der Waals surface area contributed by atoms with E-state index >= 15 is 0 Å². The van der Waals surface area contributed by atoms with Crippen LogP contribution in [0.3, 0.4) is 0 Å². The molecule has 2 N–H and O–H groups in total. The van der Waals surface area contributed by atoms with Crippen molar-refractivity contribution in [2.75, 3.05) is 19.6 Å². The lowest BCUT2D eigenvalue weighted by Gasteiger charge is -2.21. The summed E-state index contributed by atoms with van der Waals surface area (Å²) in [6.07, 6.45) is 8.98. The molecule has 0 aromatic heterocycles. The summed E-state index contributed by atoms with van der Waals surface area (Å²) in [5.41, 5.74) is 6.04. The molecule has 0 amide bonds. The Balaban J connectivity index is 0.00000289. The van der Waals surface area contributed by atoms with Crippen molar-refractivity contribution in [1.82, 2.24) is 4.90 Å². The van der Waals surface area contributed by atoms with E-state index in [0.717, 1.165) is 31.5 Å². The molecule has 1 fully saturated rings. The second kappa shape index (κ2) is 10.9. The van der Waals surface area contributed by atoms with Crippen molar-refractivity contribution in [3.8, 4) is 0 Å². The third kappa shape index (κ3) is 8.16. The van der Waals surface area contributed by atoms with Gasteiger partial charge in [0.05, 0.1) is 0 Å². The van der Waals surface area contributed by atoms with Gasteiger partial charge in [0.1, 0.15) is 0 Å². The zero-order chi connectivity index (χ0) is 12.5. The molecule has 0 aromatic carbocycles. The van der Waals surface area contributed by atoms with Crippen LogP contribution in [0.1, 0.15) is 58.8 Å². The highest BCUT2D eigenvalue weighted by Crippen LogP contribution is 2.09. The fourth-order valence-corrected chi connectivity index (χ4v) is 2.26. The van der Waals surface area contributed by atoms with Crippen molar-refractivity contribution >= 4 is 29.9 Å². The van der Waals surface area contributed by atoms with E-state index in [2.05, 4.69) is 23.7 Å². The van der Waals surface area contributed by atoms with Crippen molar-refractivity contribution < 1.29 is 0 Å². The first-order chi connectivity index (χ1) is 8.20. The maximum atomic E-state index is 6.04. The molecule has 108 valence electrons. The Kier molecular flexibility index (Phi) is 10.9. The van der Waals surface area contributed by atoms with E-state index in [1.165, 1.54) is 44.9 Å². The summed E-state index contributed by atoms with van der Waals surface area (Å²) in [6, 6.07) is 0. The molecular formula is C14H30IN3. The van der Waals surface area contributed by atoms with Gasteiger partial charge in [0.25, 0.3) is 0 Å². The minimum atomic E-state index is 0. The van der Waals surface area contributed by atoms with Crippen molar-refractivity contribution in [2.24, 2.45) is 16.6 Å². The van der Waals surface area contributed by atoms with Gasteiger partial charge in [-0.2, -0.15) is 0 Å². The number of guanidine groups is 1. The number of likely N-dealkylation sites (tertiary alicyclic amines) is 1. The first-order valence-corrected chi connectivity index (χ1v) is 7.25. The van der Waals surface area contributed by atoms with Gasteiger partial charge < -0.3 is 10.6 Å². The molecule has 1 aliphatic rings. The van der Waals surface area contributed by atoms with Gasteiger partial charge >= 0.3 is 0 Å². The van der Waals surface area contributed by atoms with Crippen molar-refractivity contribution in [2.45, 2.75) is 58.8 Å². The van der Waals surface area contributed by atoms with Gasteiger partial charge in [-0.1, -0.05) is 39.5 Å². The second-order valence-electron chi connectivity index (χ2n) is 5.53. The molecule has 0 radical (unpaired) electrons. The Hall–Kier alpha value is 0. The van der Waals surface area contributed by atoms with Gasteiger partial charge in [-0.05, 0) is 25.2 Å². The molecule has 1 aliphatic heterocycles. The maximum Gasteiger partial charge on any atom is 0.191 e. The lowest BCUT2D eigenvalue weighted by Crippen LogP contribution is -2.38. The zero-order valence-corrected chi connectivity index (χ0v) is 14.4. The first kappa shape index (κ1) is 18.0. The molecule has 18 heavy (non-hydrogen) atoms. The fourth-order valence-electron chi connectivity index (χ4n) is 2.26. The number of nitrogens with two attached hydrogens (primary N) is 1. The molecule has 0 saturated carbocycles. The highest BCUT2D eigenvalue weighted by atomic mass is 127. The number of unbranched alkanes of at least 4 members (excludes halogenated alkanes) is 1. The van der Waals surface area contributed by atoms with Gasteiger partial charge in [-0.25, -0.2) is 0 Å². The van der Waals surface area contributed by atoms with E-state index in [1.807, 2.05) is 0 Å². The summed E-state index contributed by atoms with van der Waals surface area (Å²) in [5, 5.41) is 0. The molecular weight excluding hydrogens is 337 g/mol. The van der Waals surface area contributed by atoms with Crippen LogP contribution in [0.2, 0.25) is 0 Å². The average molecular weight is 367 g/mol. The summed E-state index contributed by atoms with van der Waals surface area (Å²) in [4.78, 5) is 6.77. The van der Waals surface area contributed by atoms with Crippen molar-refractivity contribution in [1.29, 1.82) is 0 Å². The van der Waals surface area contributed by atoms with Crippen LogP contribution in [-0.2, 0) is 0 Å². The average Bonchev–Trinajstić information content (AvgIpc) is 2.56. The van der Waals surface area contributed by atoms with E-state index in [1.54, 1.807) is 0 Å². The lowest BCUT2D eigenvalue weighted by molar-refractivity contribution is 0.428. The van der Waals surface area contributed by atoms with Gasteiger partial charge in [0.15, 0.2) is 5.96 Å². The van der Waals surface area contributed by atoms with Crippen LogP contribution in [0.25, 0.3) is 0 Å². The normalized spacial score (nSPS) is 17.5. The third-order valence-corrected chi connectivity index (χ3v) is 3.39. The third-order valence-electron chi connectivity index (χ3n) is 3.39. The van der Waals surface area contributed by atoms with Gasteiger partial charge in [0, 0.05) is 19.6 Å². The summed E-state index contributed by atoms with van der Waals surface area (Å²) in [5.74, 6) is 1.58. The molecule has 1 heterocycles. The highest BCUT2D eigenvalue weighted by Gasteiger charge is 2.10. The molecule has 0 aromatic rings. The van der Waals surface area contributed by atoms with Crippen molar-refractivity contribution in [3.63, 3.8) is 0 Å². The molecule has 0 bridgehead atoms. The second-order valence-corrected chi connectivity index (χ2v) is 5.53. The Morgan fingerprint density at radius 3 is 2.28 bits per heavy atom. The van der Waals surface area contributed by atoms with Crippen LogP contribution in [0, 0.1) is 5.92 Å². The number of hydrogen-bond donors (Lipinski definition) is 1. The lowest BCUT2D eigenvalue weighted by atomic mass is 10.1. The number of halogens is 1. The van der Waals surface area contributed by atoms with Gasteiger partial charge in [-0.3, -0.25) is 4.99 Å². The molecule has 3 nitrogen and oxygen atoms in total. The number of nitrogens with zero attached hydrogens (tertiary/aromatic N) is 2. The first-order valence-electron chi connectivity index (χ1n) is 7.25. The Bertz CT molecular complexity index is 221. The summed E-state index contributed by atoms with van der Waals surface area (Å²) < 4.78 is 0. The van der Waals surface area contributed by atoms with Crippen LogP contribution in [0.15, 0.2) is 4.99 Å². The van der Waals surface area contributed by atoms with Crippen LogP contribution in [0.4, 0.5) is 0 Å². The van der Waals surface area contributed by atoms with Crippen molar-refractivity contribution in [3.05, 3.63) is 0 Å². The number of hydrogen-bond acceptors (Lipinski definition) is 1. The molecule has 0 spiro atoms. The summed E-state index contributed by atoms with van der Waals surface area (Å²) in [7, 11) is 0. The Morgan fingerprint density at radius 1 is 1.11 bits per heavy atom. The van der Waals surface area contributed by atoms with Gasteiger partial charge in [0.2, 0.25) is 0 Å². The fraction of sp³-hybridized carbons (Fsp3) is 0.929. The van der Waals surface area contributed by atoms with E-state index in [-0.39, 0.29) is 24.0 Å². The van der Waals surface area contributed by atoms with Crippen LogP contribution >= 0.6 is 24.0 Å². The topological polar surface area (TPSA) is 41.6 Å². The molecule has 0 aliphatic carbocycles. The molecule has 4 heteroatoms. The summed E-state index contributed by atoms with van der Waals surface area (Å²) in [6.45, 7) is 7.64. The Morgan fingerprint density at radius 2 is 1.72 bits per heavy atom.